The van der Waals surface area contributed by atoms with E-state index < -0.39 is 5.41 Å². The minimum absolute atomic E-state index is 0.0661. The Balaban J connectivity index is 1.53. The van der Waals surface area contributed by atoms with Gasteiger partial charge in [0.25, 0.3) is 0 Å². The molecule has 0 aliphatic rings. The van der Waals surface area contributed by atoms with Crippen molar-refractivity contribution in [3.8, 4) is 22.6 Å². The molecule has 0 aliphatic carbocycles. The summed E-state index contributed by atoms with van der Waals surface area (Å²) in [7, 11) is 0. The van der Waals surface area contributed by atoms with Crippen molar-refractivity contribution in [2.75, 3.05) is 5.32 Å². The highest BCUT2D eigenvalue weighted by atomic mass is 16.2. The molecule has 8 heteroatoms. The summed E-state index contributed by atoms with van der Waals surface area (Å²) in [6.07, 6.45) is 8.84. The van der Waals surface area contributed by atoms with Crippen LogP contribution in [-0.4, -0.2) is 36.0 Å². The second-order valence-electron chi connectivity index (χ2n) is 10.1. The predicted octanol–water partition coefficient (Wildman–Crippen LogP) is 6.32. The minimum Gasteiger partial charge on any atom is -0.340 e. The first kappa shape index (κ1) is 24.8. The van der Waals surface area contributed by atoms with E-state index in [1.165, 1.54) is 0 Å². The van der Waals surface area contributed by atoms with Gasteiger partial charge in [0, 0.05) is 40.0 Å². The molecule has 0 atom stereocenters. The Kier molecular flexibility index (Phi) is 6.46. The SMILES string of the molecule is C=C/C=C(/c1ccccn1)c1nc(-c2n[nH]c3ccc(-c4cncc(NC(=O)C(C)(C)C)c4)cc23)[nH]c1C. The van der Waals surface area contributed by atoms with Crippen LogP contribution in [0.4, 0.5) is 5.69 Å². The number of aromatic amines is 2. The van der Waals surface area contributed by atoms with Crippen molar-refractivity contribution >= 4 is 28.1 Å². The zero-order chi connectivity index (χ0) is 26.9. The van der Waals surface area contributed by atoms with Crippen LogP contribution < -0.4 is 5.32 Å². The topological polar surface area (TPSA) is 112 Å². The zero-order valence-corrected chi connectivity index (χ0v) is 21.8. The molecule has 0 spiro atoms. The lowest BCUT2D eigenvalue weighted by Crippen LogP contribution is -2.27. The van der Waals surface area contributed by atoms with Gasteiger partial charge in [-0.15, -0.1) is 0 Å². The van der Waals surface area contributed by atoms with Gasteiger partial charge in [-0.25, -0.2) is 4.98 Å². The van der Waals surface area contributed by atoms with Gasteiger partial charge < -0.3 is 10.3 Å². The second kappa shape index (κ2) is 9.89. The first-order valence-electron chi connectivity index (χ1n) is 12.3. The van der Waals surface area contributed by atoms with E-state index in [1.807, 2.05) is 70.2 Å². The molecule has 0 unspecified atom stereocenters. The van der Waals surface area contributed by atoms with Gasteiger partial charge in [0.2, 0.25) is 5.91 Å². The molecular formula is C30H29N7O. The Bertz CT molecular complexity index is 1670. The Hall–Kier alpha value is -4.85. The van der Waals surface area contributed by atoms with E-state index in [-0.39, 0.29) is 5.91 Å². The predicted molar refractivity (Wildman–Crippen MR) is 151 cm³/mol. The lowest BCUT2D eigenvalue weighted by atomic mass is 9.95. The maximum absolute atomic E-state index is 12.5. The van der Waals surface area contributed by atoms with Gasteiger partial charge in [0.1, 0.15) is 5.69 Å². The fourth-order valence-corrected chi connectivity index (χ4v) is 4.12. The summed E-state index contributed by atoms with van der Waals surface area (Å²) in [6, 6.07) is 13.7. The summed E-state index contributed by atoms with van der Waals surface area (Å²) in [4.78, 5) is 29.6. The van der Waals surface area contributed by atoms with Crippen LogP contribution in [0, 0.1) is 12.3 Å². The normalized spacial score (nSPS) is 12.1. The van der Waals surface area contributed by atoms with Crippen molar-refractivity contribution in [3.05, 3.63) is 96.9 Å². The summed E-state index contributed by atoms with van der Waals surface area (Å²) in [5.41, 5.74) is 6.95. The summed E-state index contributed by atoms with van der Waals surface area (Å²) in [5, 5.41) is 11.5. The molecule has 1 aromatic carbocycles. The fraction of sp³-hybridized carbons (Fsp3) is 0.167. The largest absolute Gasteiger partial charge is 0.340 e. The van der Waals surface area contributed by atoms with Gasteiger partial charge >= 0.3 is 0 Å². The number of fused-ring (bicyclic) bond motifs is 1. The summed E-state index contributed by atoms with van der Waals surface area (Å²) >= 11 is 0. The number of H-pyrrole nitrogens is 2. The average Bonchev–Trinajstić information content (AvgIpc) is 3.50. The molecule has 5 rings (SSSR count). The number of pyridine rings is 2. The van der Waals surface area contributed by atoms with Crippen LogP contribution in [0.5, 0.6) is 0 Å². The molecule has 0 aliphatic heterocycles. The standard InChI is InChI=1S/C30H29N7O/c1-6-9-22(24-10-7-8-13-32-24)26-18(2)33-28(35-26)27-23-15-19(11-12-25(23)36-37-27)20-14-21(17-31-16-20)34-29(38)30(3,4)5/h6-17H,1H2,2-5H3,(H,33,35)(H,34,38)(H,36,37)/b22-9-. The monoisotopic (exact) mass is 503 g/mol. The van der Waals surface area contributed by atoms with Gasteiger partial charge in [0.05, 0.1) is 28.8 Å². The second-order valence-corrected chi connectivity index (χ2v) is 10.1. The Morgan fingerprint density at radius 3 is 2.66 bits per heavy atom. The zero-order valence-electron chi connectivity index (χ0n) is 21.8. The van der Waals surface area contributed by atoms with Crippen molar-refractivity contribution in [1.82, 2.24) is 30.1 Å². The summed E-state index contributed by atoms with van der Waals surface area (Å²) < 4.78 is 0. The van der Waals surface area contributed by atoms with Gasteiger partial charge in [-0.1, -0.05) is 51.6 Å². The molecule has 8 nitrogen and oxygen atoms in total. The Morgan fingerprint density at radius 2 is 1.92 bits per heavy atom. The van der Waals surface area contributed by atoms with E-state index in [0.717, 1.165) is 44.7 Å². The number of carbonyl (C=O) groups is 1. The third-order valence-electron chi connectivity index (χ3n) is 6.16. The summed E-state index contributed by atoms with van der Waals surface area (Å²) in [5.74, 6) is 0.583. The van der Waals surface area contributed by atoms with Gasteiger partial charge in [-0.2, -0.15) is 5.10 Å². The molecule has 5 aromatic rings. The third-order valence-corrected chi connectivity index (χ3v) is 6.16. The number of anilines is 1. The molecule has 0 radical (unpaired) electrons. The van der Waals surface area contributed by atoms with Crippen molar-refractivity contribution in [1.29, 1.82) is 0 Å². The van der Waals surface area contributed by atoms with Crippen LogP contribution in [0.3, 0.4) is 0 Å². The van der Waals surface area contributed by atoms with Gasteiger partial charge in [-0.05, 0) is 42.8 Å². The van der Waals surface area contributed by atoms with Gasteiger partial charge in [-0.3, -0.25) is 19.9 Å². The maximum Gasteiger partial charge on any atom is 0.229 e. The Morgan fingerprint density at radius 1 is 1.08 bits per heavy atom. The van der Waals surface area contributed by atoms with Crippen molar-refractivity contribution < 1.29 is 4.79 Å². The number of aryl methyl sites for hydroxylation is 1. The lowest BCUT2D eigenvalue weighted by molar-refractivity contribution is -0.123. The van der Waals surface area contributed by atoms with Crippen molar-refractivity contribution in [3.63, 3.8) is 0 Å². The maximum atomic E-state index is 12.5. The van der Waals surface area contributed by atoms with E-state index >= 15 is 0 Å². The number of benzene rings is 1. The van der Waals surface area contributed by atoms with Crippen molar-refractivity contribution in [2.45, 2.75) is 27.7 Å². The minimum atomic E-state index is -0.502. The average molecular weight is 504 g/mol. The van der Waals surface area contributed by atoms with E-state index in [4.69, 9.17) is 4.98 Å². The number of amides is 1. The van der Waals surface area contributed by atoms with Crippen LogP contribution in [-0.2, 0) is 4.79 Å². The molecule has 4 aromatic heterocycles. The third kappa shape index (κ3) is 4.88. The molecule has 190 valence electrons. The van der Waals surface area contributed by atoms with Crippen LogP contribution in [0.2, 0.25) is 0 Å². The van der Waals surface area contributed by atoms with Crippen LogP contribution >= 0.6 is 0 Å². The Labute approximate surface area is 221 Å². The molecule has 4 heterocycles. The number of hydrogen-bond donors (Lipinski definition) is 3. The number of nitrogens with one attached hydrogen (secondary N) is 3. The highest BCUT2D eigenvalue weighted by Crippen LogP contribution is 2.32. The van der Waals surface area contributed by atoms with E-state index in [9.17, 15) is 4.79 Å². The summed E-state index contributed by atoms with van der Waals surface area (Å²) in [6.45, 7) is 11.5. The number of allylic oxidation sites excluding steroid dienone is 2. The molecule has 0 saturated carbocycles. The molecule has 0 saturated heterocycles. The smallest absolute Gasteiger partial charge is 0.229 e. The first-order chi connectivity index (χ1) is 18.2. The number of carbonyl (C=O) groups excluding carboxylic acids is 1. The first-order valence-corrected chi connectivity index (χ1v) is 12.3. The van der Waals surface area contributed by atoms with E-state index in [0.29, 0.717) is 17.2 Å². The molecular weight excluding hydrogens is 474 g/mol. The number of imidazole rings is 1. The molecule has 38 heavy (non-hydrogen) atoms. The lowest BCUT2D eigenvalue weighted by Gasteiger charge is -2.17. The van der Waals surface area contributed by atoms with Gasteiger partial charge in [0.15, 0.2) is 5.82 Å². The van der Waals surface area contributed by atoms with Crippen LogP contribution in [0.25, 0.3) is 39.1 Å². The quantitative estimate of drug-likeness (QED) is 0.235. The molecule has 0 bridgehead atoms. The highest BCUT2D eigenvalue weighted by Gasteiger charge is 2.22. The number of hydrogen-bond acceptors (Lipinski definition) is 5. The number of aromatic nitrogens is 6. The number of nitrogens with zero attached hydrogens (tertiary/aromatic N) is 4. The van der Waals surface area contributed by atoms with E-state index in [1.54, 1.807) is 24.7 Å². The molecule has 0 fully saturated rings. The molecule has 3 N–H and O–H groups in total. The number of rotatable bonds is 6. The van der Waals surface area contributed by atoms with Crippen LogP contribution in [0.1, 0.15) is 37.9 Å². The molecule has 1 amide bonds. The van der Waals surface area contributed by atoms with Crippen molar-refractivity contribution in [2.24, 2.45) is 5.41 Å². The highest BCUT2D eigenvalue weighted by molar-refractivity contribution is 5.96. The fourth-order valence-electron chi connectivity index (χ4n) is 4.12. The van der Waals surface area contributed by atoms with E-state index in [2.05, 4.69) is 43.1 Å². The van der Waals surface area contributed by atoms with Crippen LogP contribution in [0.15, 0.2) is 79.8 Å².